The average Bonchev–Trinajstić information content (AvgIpc) is 2.70. The van der Waals surface area contributed by atoms with Gasteiger partial charge in [-0.3, -0.25) is 4.79 Å². The molecule has 0 radical (unpaired) electrons. The quantitative estimate of drug-likeness (QED) is 0.767. The Kier molecular flexibility index (Phi) is 3.66. The predicted octanol–water partition coefficient (Wildman–Crippen LogP) is 3.08. The van der Waals surface area contributed by atoms with Crippen LogP contribution in [0.25, 0.3) is 0 Å². The van der Waals surface area contributed by atoms with Gasteiger partial charge in [0.05, 0.1) is 0 Å². The van der Waals surface area contributed by atoms with Gasteiger partial charge in [-0.15, -0.1) is 0 Å². The molecule has 0 N–H and O–H groups in total. The highest BCUT2D eigenvalue weighted by Crippen LogP contribution is 2.32. The van der Waals surface area contributed by atoms with Crippen LogP contribution in [0.2, 0.25) is 0 Å². The summed E-state index contributed by atoms with van der Waals surface area (Å²) < 4.78 is 37.2. The molecule has 0 saturated heterocycles. The number of fused-ring (bicyclic) bond motifs is 1. The zero-order valence-electron chi connectivity index (χ0n) is 9.43. The minimum absolute atomic E-state index is 0.103. The normalized spacial score (nSPS) is 14.8. The van der Waals surface area contributed by atoms with Gasteiger partial charge in [-0.1, -0.05) is 28.1 Å². The first-order valence-electron chi connectivity index (χ1n) is 5.50. The first kappa shape index (κ1) is 13.4. The molecule has 1 aromatic carbocycles. The summed E-state index contributed by atoms with van der Waals surface area (Å²) in [6.45, 7) is 0.103. The lowest BCUT2D eigenvalue weighted by atomic mass is 10.1. The van der Waals surface area contributed by atoms with E-state index < -0.39 is 12.1 Å². The largest absolute Gasteiger partial charge is 0.471 e. The Morgan fingerprint density at radius 3 is 2.72 bits per heavy atom. The summed E-state index contributed by atoms with van der Waals surface area (Å²) in [6.07, 6.45) is -3.51. The maximum atomic E-state index is 12.4. The van der Waals surface area contributed by atoms with Crippen molar-refractivity contribution in [1.29, 1.82) is 0 Å². The van der Waals surface area contributed by atoms with Crippen molar-refractivity contribution < 1.29 is 18.0 Å². The van der Waals surface area contributed by atoms with Crippen LogP contribution in [0.4, 0.5) is 18.9 Å². The van der Waals surface area contributed by atoms with Gasteiger partial charge in [0.1, 0.15) is 0 Å². The molecule has 98 valence electrons. The van der Waals surface area contributed by atoms with Crippen molar-refractivity contribution in [3.05, 3.63) is 29.3 Å². The Hall–Kier alpha value is -1.04. The molecule has 0 unspecified atom stereocenters. The van der Waals surface area contributed by atoms with E-state index >= 15 is 0 Å². The molecular weight excluding hydrogens is 311 g/mol. The van der Waals surface area contributed by atoms with E-state index in [2.05, 4.69) is 15.9 Å². The van der Waals surface area contributed by atoms with E-state index in [9.17, 15) is 18.0 Å². The number of benzene rings is 1. The zero-order chi connectivity index (χ0) is 13.3. The first-order valence-corrected chi connectivity index (χ1v) is 6.62. The van der Waals surface area contributed by atoms with Gasteiger partial charge in [-0.05, 0) is 30.0 Å². The smallest absolute Gasteiger partial charge is 0.304 e. The van der Waals surface area contributed by atoms with Crippen LogP contribution in [0, 0.1) is 0 Å². The molecule has 0 aliphatic carbocycles. The van der Waals surface area contributed by atoms with Gasteiger partial charge in [0.2, 0.25) is 0 Å². The zero-order valence-corrected chi connectivity index (χ0v) is 11.0. The second kappa shape index (κ2) is 4.91. The average molecular weight is 322 g/mol. The van der Waals surface area contributed by atoms with Crippen LogP contribution in [0.3, 0.4) is 0 Å². The van der Waals surface area contributed by atoms with E-state index in [4.69, 9.17) is 0 Å². The highest BCUT2D eigenvalue weighted by atomic mass is 79.9. The fourth-order valence-corrected chi connectivity index (χ4v) is 2.54. The maximum Gasteiger partial charge on any atom is 0.471 e. The third-order valence-electron chi connectivity index (χ3n) is 2.91. The number of hydrogen-bond acceptors (Lipinski definition) is 1. The lowest BCUT2D eigenvalue weighted by molar-refractivity contribution is -0.170. The van der Waals surface area contributed by atoms with E-state index in [1.54, 1.807) is 12.1 Å². The van der Waals surface area contributed by atoms with E-state index in [1.807, 2.05) is 6.07 Å². The molecule has 0 atom stereocenters. The van der Waals surface area contributed by atoms with Crippen LogP contribution >= 0.6 is 15.9 Å². The number of carbonyl (C=O) groups excluding carboxylic acids is 1. The van der Waals surface area contributed by atoms with Gasteiger partial charge in [-0.2, -0.15) is 13.2 Å². The van der Waals surface area contributed by atoms with Crippen LogP contribution in [-0.4, -0.2) is 24.0 Å². The second-order valence-corrected chi connectivity index (χ2v) is 4.90. The minimum Gasteiger partial charge on any atom is -0.304 e. The molecule has 6 heteroatoms. The van der Waals surface area contributed by atoms with Crippen LogP contribution < -0.4 is 4.90 Å². The Morgan fingerprint density at radius 2 is 2.11 bits per heavy atom. The molecule has 1 aliphatic rings. The number of aryl methyl sites for hydroxylation is 1. The van der Waals surface area contributed by atoms with Crippen molar-refractivity contribution in [3.8, 4) is 0 Å². The van der Waals surface area contributed by atoms with Crippen molar-refractivity contribution in [1.82, 2.24) is 0 Å². The summed E-state index contributed by atoms with van der Waals surface area (Å²) in [7, 11) is 0. The Morgan fingerprint density at radius 1 is 1.39 bits per heavy atom. The molecule has 0 bridgehead atoms. The van der Waals surface area contributed by atoms with Gasteiger partial charge in [0.15, 0.2) is 0 Å². The van der Waals surface area contributed by atoms with Gasteiger partial charge >= 0.3 is 12.1 Å². The molecule has 0 aromatic heterocycles. The monoisotopic (exact) mass is 321 g/mol. The van der Waals surface area contributed by atoms with Crippen molar-refractivity contribution in [2.75, 3.05) is 16.8 Å². The standard InChI is InChI=1S/C12H11BrF3NO/c13-5-3-8-1-2-10-9(7-8)4-6-17(10)11(18)12(14,15)16/h1-2,7H,3-6H2. The van der Waals surface area contributed by atoms with Gasteiger partial charge in [-0.25, -0.2) is 0 Å². The Balaban J connectivity index is 2.27. The first-order chi connectivity index (χ1) is 8.43. The number of alkyl halides is 4. The number of rotatable bonds is 2. The lowest BCUT2D eigenvalue weighted by Crippen LogP contribution is -2.40. The molecule has 0 spiro atoms. The van der Waals surface area contributed by atoms with Crippen LogP contribution in [0.1, 0.15) is 11.1 Å². The van der Waals surface area contributed by atoms with Gasteiger partial charge in [0, 0.05) is 17.6 Å². The van der Waals surface area contributed by atoms with E-state index in [-0.39, 0.29) is 6.54 Å². The summed E-state index contributed by atoms with van der Waals surface area (Å²) in [4.78, 5) is 12.0. The molecule has 2 nitrogen and oxygen atoms in total. The summed E-state index contributed by atoms with van der Waals surface area (Å²) in [5.74, 6) is -1.78. The Labute approximate surface area is 111 Å². The lowest BCUT2D eigenvalue weighted by Gasteiger charge is -2.18. The predicted molar refractivity (Wildman–Crippen MR) is 66.1 cm³/mol. The molecule has 0 saturated carbocycles. The number of nitrogens with zero attached hydrogens (tertiary/aromatic N) is 1. The van der Waals surface area contributed by atoms with Crippen LogP contribution in [-0.2, 0) is 17.6 Å². The molecular formula is C12H11BrF3NO. The fourth-order valence-electron chi connectivity index (χ4n) is 2.08. The van der Waals surface area contributed by atoms with Crippen molar-refractivity contribution in [2.24, 2.45) is 0 Å². The summed E-state index contributed by atoms with van der Waals surface area (Å²) in [5.41, 5.74) is 2.26. The number of hydrogen-bond donors (Lipinski definition) is 0. The summed E-state index contributed by atoms with van der Waals surface area (Å²) in [6, 6.07) is 5.24. The van der Waals surface area contributed by atoms with Crippen LogP contribution in [0.15, 0.2) is 18.2 Å². The van der Waals surface area contributed by atoms with E-state index in [0.29, 0.717) is 12.1 Å². The third-order valence-corrected chi connectivity index (χ3v) is 3.31. The SMILES string of the molecule is O=C(N1CCc2cc(CCBr)ccc21)C(F)(F)F. The number of halogens is 4. The molecule has 18 heavy (non-hydrogen) atoms. The van der Waals surface area contributed by atoms with Gasteiger partial charge in [0.25, 0.3) is 0 Å². The molecule has 0 fully saturated rings. The number of amides is 1. The van der Waals surface area contributed by atoms with Crippen molar-refractivity contribution >= 4 is 27.5 Å². The van der Waals surface area contributed by atoms with Gasteiger partial charge < -0.3 is 4.90 Å². The third kappa shape index (κ3) is 2.53. The van der Waals surface area contributed by atoms with E-state index in [1.165, 1.54) is 0 Å². The highest BCUT2D eigenvalue weighted by Gasteiger charge is 2.44. The van der Waals surface area contributed by atoms with Crippen LogP contribution in [0.5, 0.6) is 0 Å². The molecule has 1 aromatic rings. The maximum absolute atomic E-state index is 12.4. The molecule has 1 heterocycles. The van der Waals surface area contributed by atoms with Crippen molar-refractivity contribution in [3.63, 3.8) is 0 Å². The topological polar surface area (TPSA) is 20.3 Å². The number of anilines is 1. The second-order valence-electron chi connectivity index (χ2n) is 4.11. The number of carbonyl (C=O) groups is 1. The summed E-state index contributed by atoms with van der Waals surface area (Å²) >= 11 is 3.31. The molecule has 1 amide bonds. The summed E-state index contributed by atoms with van der Waals surface area (Å²) in [5, 5.41) is 0.803. The van der Waals surface area contributed by atoms with E-state index in [0.717, 1.165) is 27.8 Å². The molecule has 2 rings (SSSR count). The minimum atomic E-state index is -4.81. The van der Waals surface area contributed by atoms with Crippen molar-refractivity contribution in [2.45, 2.75) is 19.0 Å². The fraction of sp³-hybridized carbons (Fsp3) is 0.417. The Bertz CT molecular complexity index is 473. The molecule has 1 aliphatic heterocycles. The highest BCUT2D eigenvalue weighted by molar-refractivity contribution is 9.09.